The monoisotopic (exact) mass is 297 g/mol. The minimum Gasteiger partial charge on any atom is -0.497 e. The first-order chi connectivity index (χ1) is 10.7. The molecule has 0 radical (unpaired) electrons. The lowest BCUT2D eigenvalue weighted by molar-refractivity contribution is 0.0790. The van der Waals surface area contributed by atoms with Crippen molar-refractivity contribution in [2.45, 2.75) is 12.5 Å². The first kappa shape index (κ1) is 14.5. The molecule has 1 aliphatic rings. The maximum Gasteiger partial charge on any atom is 0.255 e. The van der Waals surface area contributed by atoms with Crippen molar-refractivity contribution < 1.29 is 9.53 Å². The summed E-state index contributed by atoms with van der Waals surface area (Å²) in [6.07, 6.45) is 4.23. The number of nitrogens with two attached hydrogens (primary N) is 1. The molecule has 114 valence electrons. The summed E-state index contributed by atoms with van der Waals surface area (Å²) in [4.78, 5) is 18.5. The molecule has 1 saturated heterocycles. The maximum atomic E-state index is 12.5. The van der Waals surface area contributed by atoms with Gasteiger partial charge >= 0.3 is 0 Å². The van der Waals surface area contributed by atoms with Crippen molar-refractivity contribution in [3.05, 3.63) is 48.3 Å². The van der Waals surface area contributed by atoms with Crippen LogP contribution in [0.4, 0.5) is 0 Å². The van der Waals surface area contributed by atoms with Crippen molar-refractivity contribution in [2.24, 2.45) is 5.73 Å². The zero-order chi connectivity index (χ0) is 15.5. The van der Waals surface area contributed by atoms with Gasteiger partial charge in [0.25, 0.3) is 5.91 Å². The first-order valence-electron chi connectivity index (χ1n) is 7.31. The van der Waals surface area contributed by atoms with Gasteiger partial charge in [-0.2, -0.15) is 0 Å². The number of amides is 1. The number of nitrogens with zero attached hydrogens (tertiary/aromatic N) is 2. The summed E-state index contributed by atoms with van der Waals surface area (Å²) in [6, 6.07) is 9.65. The molecule has 1 aromatic carbocycles. The molecule has 2 heterocycles. The molecule has 3 rings (SSSR count). The Hall–Kier alpha value is -2.40. The van der Waals surface area contributed by atoms with Gasteiger partial charge in [0.05, 0.1) is 12.7 Å². The van der Waals surface area contributed by atoms with Crippen LogP contribution in [-0.2, 0) is 0 Å². The topological polar surface area (TPSA) is 68.5 Å². The van der Waals surface area contributed by atoms with E-state index in [9.17, 15) is 4.79 Å². The van der Waals surface area contributed by atoms with Gasteiger partial charge in [0, 0.05) is 37.1 Å². The van der Waals surface area contributed by atoms with Crippen LogP contribution in [0.5, 0.6) is 5.75 Å². The van der Waals surface area contributed by atoms with Gasteiger partial charge in [-0.25, -0.2) is 0 Å². The van der Waals surface area contributed by atoms with Gasteiger partial charge in [-0.1, -0.05) is 12.1 Å². The summed E-state index contributed by atoms with van der Waals surface area (Å²) < 4.78 is 5.16. The van der Waals surface area contributed by atoms with E-state index in [0.29, 0.717) is 18.7 Å². The van der Waals surface area contributed by atoms with Crippen LogP contribution in [0.1, 0.15) is 16.8 Å². The average Bonchev–Trinajstić information content (AvgIpc) is 3.01. The van der Waals surface area contributed by atoms with E-state index in [1.165, 1.54) is 0 Å². The lowest BCUT2D eigenvalue weighted by Gasteiger charge is -2.16. The molecule has 0 saturated carbocycles. The van der Waals surface area contributed by atoms with Crippen LogP contribution in [0.3, 0.4) is 0 Å². The van der Waals surface area contributed by atoms with Crippen molar-refractivity contribution in [3.8, 4) is 16.9 Å². The molecule has 0 unspecified atom stereocenters. The van der Waals surface area contributed by atoms with Crippen LogP contribution >= 0.6 is 0 Å². The van der Waals surface area contributed by atoms with Gasteiger partial charge < -0.3 is 15.4 Å². The third-order valence-electron chi connectivity index (χ3n) is 3.92. The number of benzene rings is 1. The molecule has 0 bridgehead atoms. The minimum atomic E-state index is -0.00388. The highest BCUT2D eigenvalue weighted by molar-refractivity contribution is 5.95. The van der Waals surface area contributed by atoms with E-state index in [0.717, 1.165) is 23.3 Å². The Bertz CT molecular complexity index is 670. The summed E-state index contributed by atoms with van der Waals surface area (Å²) in [6.45, 7) is 1.33. The second kappa shape index (κ2) is 6.15. The van der Waals surface area contributed by atoms with E-state index >= 15 is 0 Å². The molecule has 22 heavy (non-hydrogen) atoms. The van der Waals surface area contributed by atoms with Crippen molar-refractivity contribution in [2.75, 3.05) is 20.2 Å². The number of carbonyl (C=O) groups is 1. The van der Waals surface area contributed by atoms with E-state index in [1.54, 1.807) is 24.4 Å². The lowest BCUT2D eigenvalue weighted by atomic mass is 10.1. The molecule has 0 aliphatic carbocycles. The number of rotatable bonds is 3. The van der Waals surface area contributed by atoms with Crippen LogP contribution in [0, 0.1) is 0 Å². The Morgan fingerprint density at radius 1 is 1.27 bits per heavy atom. The predicted molar refractivity (Wildman–Crippen MR) is 84.7 cm³/mol. The molecular formula is C17H19N3O2. The van der Waals surface area contributed by atoms with Crippen LogP contribution < -0.4 is 10.5 Å². The fourth-order valence-corrected chi connectivity index (χ4v) is 2.65. The predicted octanol–water partition coefficient (Wildman–Crippen LogP) is 1.93. The van der Waals surface area contributed by atoms with E-state index in [4.69, 9.17) is 10.5 Å². The van der Waals surface area contributed by atoms with Crippen molar-refractivity contribution in [1.82, 2.24) is 9.88 Å². The Labute approximate surface area is 129 Å². The Morgan fingerprint density at radius 2 is 2.05 bits per heavy atom. The standard InChI is InChI=1S/C17H19N3O2/c1-22-16-4-2-12(3-5-16)13-8-14(10-19-9-13)17(21)20-7-6-15(18)11-20/h2-5,8-10,15H,6-7,11,18H2,1H3/t15-/m0/s1. The van der Waals surface area contributed by atoms with E-state index < -0.39 is 0 Å². The van der Waals surface area contributed by atoms with Gasteiger partial charge in [0.1, 0.15) is 5.75 Å². The number of pyridine rings is 1. The molecule has 5 nitrogen and oxygen atoms in total. The highest BCUT2D eigenvalue weighted by Crippen LogP contribution is 2.23. The summed E-state index contributed by atoms with van der Waals surface area (Å²) in [5.74, 6) is 0.797. The van der Waals surface area contributed by atoms with Gasteiger partial charge in [-0.05, 0) is 30.2 Å². The molecule has 1 aliphatic heterocycles. The SMILES string of the molecule is COc1ccc(-c2cncc(C(=O)N3CC[C@H](N)C3)c2)cc1. The molecule has 5 heteroatoms. The summed E-state index contributed by atoms with van der Waals surface area (Å²) in [7, 11) is 1.64. The molecule has 1 fully saturated rings. The van der Waals surface area contributed by atoms with Crippen LogP contribution in [0.15, 0.2) is 42.7 Å². The van der Waals surface area contributed by atoms with E-state index in [2.05, 4.69) is 4.98 Å². The van der Waals surface area contributed by atoms with Crippen molar-refractivity contribution in [1.29, 1.82) is 0 Å². The molecule has 2 aromatic rings. The number of likely N-dealkylation sites (tertiary alicyclic amines) is 1. The minimum absolute atomic E-state index is 0.00388. The molecular weight excluding hydrogens is 278 g/mol. The largest absolute Gasteiger partial charge is 0.497 e. The molecule has 0 spiro atoms. The number of hydrogen-bond acceptors (Lipinski definition) is 4. The Morgan fingerprint density at radius 3 is 2.68 bits per heavy atom. The summed E-state index contributed by atoms with van der Waals surface area (Å²) in [5, 5.41) is 0. The van der Waals surface area contributed by atoms with Crippen molar-refractivity contribution >= 4 is 5.91 Å². The van der Waals surface area contributed by atoms with Crippen LogP contribution in [0.2, 0.25) is 0 Å². The number of aromatic nitrogens is 1. The van der Waals surface area contributed by atoms with Crippen molar-refractivity contribution in [3.63, 3.8) is 0 Å². The normalized spacial score (nSPS) is 17.5. The third kappa shape index (κ3) is 2.94. The fourth-order valence-electron chi connectivity index (χ4n) is 2.65. The van der Waals surface area contributed by atoms with E-state index in [1.807, 2.05) is 30.3 Å². The van der Waals surface area contributed by atoms with Gasteiger partial charge in [0.15, 0.2) is 0 Å². The quantitative estimate of drug-likeness (QED) is 0.940. The molecule has 1 amide bonds. The Kier molecular flexibility index (Phi) is 4.06. The number of ether oxygens (including phenoxy) is 1. The van der Waals surface area contributed by atoms with Gasteiger partial charge in [0.2, 0.25) is 0 Å². The Balaban J connectivity index is 1.84. The second-order valence-electron chi connectivity index (χ2n) is 5.49. The highest BCUT2D eigenvalue weighted by atomic mass is 16.5. The third-order valence-corrected chi connectivity index (χ3v) is 3.92. The van der Waals surface area contributed by atoms with Crippen LogP contribution in [0.25, 0.3) is 11.1 Å². The van der Waals surface area contributed by atoms with Crippen LogP contribution in [-0.4, -0.2) is 42.0 Å². The lowest BCUT2D eigenvalue weighted by Crippen LogP contribution is -2.31. The molecule has 1 aromatic heterocycles. The number of hydrogen-bond donors (Lipinski definition) is 1. The first-order valence-corrected chi connectivity index (χ1v) is 7.31. The van der Waals surface area contributed by atoms with Gasteiger partial charge in [-0.3, -0.25) is 9.78 Å². The zero-order valence-electron chi connectivity index (χ0n) is 12.5. The molecule has 1 atom stereocenters. The smallest absolute Gasteiger partial charge is 0.255 e. The second-order valence-corrected chi connectivity index (χ2v) is 5.49. The van der Waals surface area contributed by atoms with Gasteiger partial charge in [-0.15, -0.1) is 0 Å². The molecule has 2 N–H and O–H groups in total. The van der Waals surface area contributed by atoms with E-state index in [-0.39, 0.29) is 11.9 Å². The zero-order valence-corrected chi connectivity index (χ0v) is 12.5. The number of methoxy groups -OCH3 is 1. The maximum absolute atomic E-state index is 12.5. The number of carbonyl (C=O) groups excluding carboxylic acids is 1. The summed E-state index contributed by atoms with van der Waals surface area (Å²) in [5.41, 5.74) is 8.38. The average molecular weight is 297 g/mol. The fraction of sp³-hybridized carbons (Fsp3) is 0.294. The summed E-state index contributed by atoms with van der Waals surface area (Å²) >= 11 is 0. The highest BCUT2D eigenvalue weighted by Gasteiger charge is 2.24.